The number of halogens is 1. The summed E-state index contributed by atoms with van der Waals surface area (Å²) in [4.78, 5) is 9.17. The minimum atomic E-state index is -1.37. The summed E-state index contributed by atoms with van der Waals surface area (Å²) in [5, 5.41) is 18.7. The van der Waals surface area contributed by atoms with Gasteiger partial charge in [-0.3, -0.25) is 10.1 Å². The minimum Gasteiger partial charge on any atom is -0.382 e. The monoisotopic (exact) mass is 153 g/mol. The van der Waals surface area contributed by atoms with E-state index in [-0.39, 0.29) is 5.88 Å². The van der Waals surface area contributed by atoms with E-state index in [0.717, 1.165) is 0 Å². The molecule has 0 heterocycles. The highest BCUT2D eigenvalue weighted by atomic mass is 35.5. The van der Waals surface area contributed by atoms with Crippen LogP contribution in [0.5, 0.6) is 0 Å². The Kier molecular flexibility index (Phi) is 2.87. The van der Waals surface area contributed by atoms with Gasteiger partial charge in [0.25, 0.3) is 0 Å². The van der Waals surface area contributed by atoms with E-state index in [1.165, 1.54) is 6.92 Å². The number of aliphatic hydroxyl groups is 1. The predicted octanol–water partition coefficient (Wildman–Crippen LogP) is 0.253. The summed E-state index contributed by atoms with van der Waals surface area (Å²) in [5.74, 6) is -0.117. The van der Waals surface area contributed by atoms with Gasteiger partial charge in [0.2, 0.25) is 6.54 Å². The second-order valence-corrected chi connectivity index (χ2v) is 2.39. The van der Waals surface area contributed by atoms with Gasteiger partial charge in [0, 0.05) is 4.92 Å². The number of alkyl halides is 1. The molecule has 1 N–H and O–H groups in total. The second kappa shape index (κ2) is 2.98. The maximum Gasteiger partial charge on any atom is 0.233 e. The molecule has 0 aliphatic rings. The highest BCUT2D eigenvalue weighted by Gasteiger charge is 2.25. The van der Waals surface area contributed by atoms with Gasteiger partial charge in [0.15, 0.2) is 0 Å². The maximum absolute atomic E-state index is 9.76. The lowest BCUT2D eigenvalue weighted by molar-refractivity contribution is -0.498. The van der Waals surface area contributed by atoms with Gasteiger partial charge in [-0.1, -0.05) is 0 Å². The van der Waals surface area contributed by atoms with E-state index in [1.807, 2.05) is 0 Å². The first-order valence-corrected chi connectivity index (χ1v) is 2.91. The van der Waals surface area contributed by atoms with Crippen molar-refractivity contribution >= 4 is 11.6 Å². The number of nitrogens with zero attached hydrogens (tertiary/aromatic N) is 1. The quantitative estimate of drug-likeness (QED) is 0.359. The Morgan fingerprint density at radius 2 is 2.33 bits per heavy atom. The number of rotatable bonds is 3. The third-order valence-corrected chi connectivity index (χ3v) is 1.33. The van der Waals surface area contributed by atoms with Crippen LogP contribution in [0.4, 0.5) is 0 Å². The number of hydrogen-bond acceptors (Lipinski definition) is 3. The Morgan fingerprint density at radius 3 is 2.44 bits per heavy atom. The van der Waals surface area contributed by atoms with Gasteiger partial charge in [-0.2, -0.15) is 0 Å². The highest BCUT2D eigenvalue weighted by Crippen LogP contribution is 2.04. The standard InChI is InChI=1S/C4H8ClNO3/c1-4(7,2-5)3-6(8)9/h7H,2-3H2,1H3. The third kappa shape index (κ3) is 4.17. The van der Waals surface area contributed by atoms with Crippen molar-refractivity contribution in [2.75, 3.05) is 12.4 Å². The van der Waals surface area contributed by atoms with Crippen LogP contribution in [0, 0.1) is 10.1 Å². The molecule has 0 bridgehead atoms. The molecule has 0 rings (SSSR count). The first-order chi connectivity index (χ1) is 3.98. The molecule has 0 amide bonds. The van der Waals surface area contributed by atoms with Crippen LogP contribution in [0.25, 0.3) is 0 Å². The van der Waals surface area contributed by atoms with Crippen LogP contribution in [0.15, 0.2) is 0 Å². The largest absolute Gasteiger partial charge is 0.382 e. The van der Waals surface area contributed by atoms with Crippen molar-refractivity contribution in [2.45, 2.75) is 12.5 Å². The Hall–Kier alpha value is -0.350. The molecule has 0 aromatic rings. The topological polar surface area (TPSA) is 63.4 Å². The molecule has 5 heteroatoms. The Labute approximate surface area is 57.6 Å². The van der Waals surface area contributed by atoms with Crippen LogP contribution in [0.3, 0.4) is 0 Å². The van der Waals surface area contributed by atoms with Gasteiger partial charge >= 0.3 is 0 Å². The summed E-state index contributed by atoms with van der Waals surface area (Å²) in [6, 6.07) is 0. The zero-order valence-corrected chi connectivity index (χ0v) is 5.76. The van der Waals surface area contributed by atoms with Gasteiger partial charge in [0.05, 0.1) is 5.88 Å². The smallest absolute Gasteiger partial charge is 0.233 e. The van der Waals surface area contributed by atoms with E-state index >= 15 is 0 Å². The summed E-state index contributed by atoms with van der Waals surface area (Å²) in [6.45, 7) is 0.819. The molecule has 0 aromatic heterocycles. The van der Waals surface area contributed by atoms with Gasteiger partial charge in [-0.05, 0) is 6.92 Å². The first-order valence-electron chi connectivity index (χ1n) is 2.38. The molecule has 0 saturated carbocycles. The zero-order chi connectivity index (χ0) is 7.49. The van der Waals surface area contributed by atoms with Gasteiger partial charge < -0.3 is 5.11 Å². The summed E-state index contributed by atoms with van der Waals surface area (Å²) < 4.78 is 0. The second-order valence-electron chi connectivity index (χ2n) is 2.12. The van der Waals surface area contributed by atoms with E-state index in [0.29, 0.717) is 0 Å². The van der Waals surface area contributed by atoms with E-state index < -0.39 is 17.1 Å². The van der Waals surface area contributed by atoms with E-state index in [1.54, 1.807) is 0 Å². The number of hydrogen-bond donors (Lipinski definition) is 1. The van der Waals surface area contributed by atoms with Crippen molar-refractivity contribution in [3.8, 4) is 0 Å². The summed E-state index contributed by atoms with van der Waals surface area (Å²) in [5.41, 5.74) is -1.37. The van der Waals surface area contributed by atoms with E-state index in [4.69, 9.17) is 16.7 Å². The Morgan fingerprint density at radius 1 is 1.89 bits per heavy atom. The lowest BCUT2D eigenvalue weighted by atomic mass is 10.1. The summed E-state index contributed by atoms with van der Waals surface area (Å²) in [6.07, 6.45) is 0. The van der Waals surface area contributed by atoms with Crippen molar-refractivity contribution in [2.24, 2.45) is 0 Å². The zero-order valence-electron chi connectivity index (χ0n) is 5.00. The molecule has 0 aliphatic heterocycles. The highest BCUT2D eigenvalue weighted by molar-refractivity contribution is 6.18. The number of nitro groups is 1. The third-order valence-electron chi connectivity index (χ3n) is 0.758. The fourth-order valence-electron chi connectivity index (χ4n) is 0.320. The van der Waals surface area contributed by atoms with Gasteiger partial charge in [0.1, 0.15) is 5.60 Å². The fraction of sp³-hybridized carbons (Fsp3) is 1.00. The maximum atomic E-state index is 9.76. The normalized spacial score (nSPS) is 16.8. The van der Waals surface area contributed by atoms with Gasteiger partial charge in [-0.15, -0.1) is 11.6 Å². The molecule has 4 nitrogen and oxygen atoms in total. The van der Waals surface area contributed by atoms with Gasteiger partial charge in [-0.25, -0.2) is 0 Å². The molecule has 0 spiro atoms. The van der Waals surface area contributed by atoms with Crippen LogP contribution in [-0.2, 0) is 0 Å². The fourth-order valence-corrected chi connectivity index (χ4v) is 0.405. The van der Waals surface area contributed by atoms with Crippen molar-refractivity contribution in [1.29, 1.82) is 0 Å². The molecule has 9 heavy (non-hydrogen) atoms. The SMILES string of the molecule is CC(O)(CCl)C[N+](=O)[O-]. The molecule has 0 radical (unpaired) electrons. The predicted molar refractivity (Wildman–Crippen MR) is 33.2 cm³/mol. The molecule has 0 saturated heterocycles. The molecule has 54 valence electrons. The van der Waals surface area contributed by atoms with Crippen LogP contribution < -0.4 is 0 Å². The van der Waals surface area contributed by atoms with Crippen LogP contribution >= 0.6 is 11.6 Å². The molecule has 0 fully saturated rings. The van der Waals surface area contributed by atoms with Crippen LogP contribution in [0.2, 0.25) is 0 Å². The summed E-state index contributed by atoms with van der Waals surface area (Å²) in [7, 11) is 0. The summed E-state index contributed by atoms with van der Waals surface area (Å²) >= 11 is 5.18. The van der Waals surface area contributed by atoms with Crippen molar-refractivity contribution in [1.82, 2.24) is 0 Å². The molecular weight excluding hydrogens is 146 g/mol. The van der Waals surface area contributed by atoms with Crippen molar-refractivity contribution in [3.63, 3.8) is 0 Å². The average Bonchev–Trinajstić information content (AvgIpc) is 1.63. The van der Waals surface area contributed by atoms with Crippen LogP contribution in [-0.4, -0.2) is 28.1 Å². The van der Waals surface area contributed by atoms with Crippen molar-refractivity contribution < 1.29 is 10.0 Å². The molecule has 1 unspecified atom stereocenters. The van der Waals surface area contributed by atoms with E-state index in [9.17, 15) is 10.1 Å². The lowest BCUT2D eigenvalue weighted by Gasteiger charge is -2.12. The van der Waals surface area contributed by atoms with E-state index in [2.05, 4.69) is 0 Å². The molecular formula is C4H8ClNO3. The molecule has 0 aliphatic carbocycles. The Bertz CT molecular complexity index is 114. The molecule has 0 aromatic carbocycles. The average molecular weight is 154 g/mol. The van der Waals surface area contributed by atoms with Crippen LogP contribution in [0.1, 0.15) is 6.92 Å². The minimum absolute atomic E-state index is 0.117. The van der Waals surface area contributed by atoms with Crippen molar-refractivity contribution in [3.05, 3.63) is 10.1 Å². The lowest BCUT2D eigenvalue weighted by Crippen LogP contribution is -2.35. The Balaban J connectivity index is 3.71. The first kappa shape index (κ1) is 8.65. The molecule has 1 atom stereocenters.